The highest BCUT2D eigenvalue weighted by molar-refractivity contribution is 9.10. The van der Waals surface area contributed by atoms with Gasteiger partial charge in [-0.3, -0.25) is 4.79 Å². The van der Waals surface area contributed by atoms with E-state index in [0.29, 0.717) is 16.4 Å². The summed E-state index contributed by atoms with van der Waals surface area (Å²) in [4.78, 5) is 15.9. The van der Waals surface area contributed by atoms with Gasteiger partial charge in [-0.2, -0.15) is 0 Å². The van der Waals surface area contributed by atoms with E-state index in [1.807, 2.05) is 0 Å². The molecule has 5 heteroatoms. The van der Waals surface area contributed by atoms with Gasteiger partial charge in [-0.25, -0.2) is 4.98 Å². The molecule has 1 N–H and O–H groups in total. The molecule has 1 saturated carbocycles. The van der Waals surface area contributed by atoms with Crippen molar-refractivity contribution in [2.45, 2.75) is 25.0 Å². The van der Waals surface area contributed by atoms with E-state index in [0.717, 1.165) is 12.8 Å². The Morgan fingerprint density at radius 2 is 2.31 bits per heavy atom. The van der Waals surface area contributed by atoms with Crippen LogP contribution in [0.15, 0.2) is 22.8 Å². The standard InChI is InChI=1S/C11H13BrN2O2/c1-16-8-5-7(6-8)13-11(15)9-3-2-4-10(12)14-9/h2-4,7-8H,5-6H2,1H3,(H,13,15). The normalized spacial score (nSPS) is 23.6. The highest BCUT2D eigenvalue weighted by atomic mass is 79.9. The van der Waals surface area contributed by atoms with E-state index >= 15 is 0 Å². The molecule has 0 aliphatic heterocycles. The lowest BCUT2D eigenvalue weighted by Crippen LogP contribution is -2.47. The van der Waals surface area contributed by atoms with E-state index in [1.165, 1.54) is 0 Å². The van der Waals surface area contributed by atoms with Crippen molar-refractivity contribution in [1.82, 2.24) is 10.3 Å². The molecule has 0 aromatic carbocycles. The number of hydrogen-bond acceptors (Lipinski definition) is 3. The van der Waals surface area contributed by atoms with Crippen LogP contribution in [0.1, 0.15) is 23.3 Å². The maximum absolute atomic E-state index is 11.8. The van der Waals surface area contributed by atoms with Crippen LogP contribution in [0.2, 0.25) is 0 Å². The van der Waals surface area contributed by atoms with Gasteiger partial charge < -0.3 is 10.1 Å². The van der Waals surface area contributed by atoms with E-state index in [1.54, 1.807) is 25.3 Å². The number of nitrogens with one attached hydrogen (secondary N) is 1. The molecule has 1 aromatic rings. The maximum Gasteiger partial charge on any atom is 0.270 e. The number of hydrogen-bond donors (Lipinski definition) is 1. The van der Waals surface area contributed by atoms with E-state index in [9.17, 15) is 4.79 Å². The minimum Gasteiger partial charge on any atom is -0.381 e. The maximum atomic E-state index is 11.8. The lowest BCUT2D eigenvalue weighted by atomic mass is 9.89. The van der Waals surface area contributed by atoms with E-state index in [2.05, 4.69) is 26.2 Å². The molecule has 86 valence electrons. The summed E-state index contributed by atoms with van der Waals surface area (Å²) in [5, 5.41) is 2.92. The fourth-order valence-electron chi connectivity index (χ4n) is 1.67. The van der Waals surface area contributed by atoms with Crippen molar-refractivity contribution in [2.24, 2.45) is 0 Å². The molecule has 1 amide bonds. The second-order valence-corrected chi connectivity index (χ2v) is 4.66. The van der Waals surface area contributed by atoms with Crippen molar-refractivity contribution in [1.29, 1.82) is 0 Å². The Balaban J connectivity index is 1.89. The Labute approximate surface area is 103 Å². The predicted molar refractivity (Wildman–Crippen MR) is 63.2 cm³/mol. The molecule has 2 rings (SSSR count). The van der Waals surface area contributed by atoms with Crippen molar-refractivity contribution in [3.05, 3.63) is 28.5 Å². The Kier molecular flexibility index (Phi) is 3.56. The van der Waals surface area contributed by atoms with Crippen molar-refractivity contribution in [3.63, 3.8) is 0 Å². The number of rotatable bonds is 3. The largest absolute Gasteiger partial charge is 0.381 e. The minimum absolute atomic E-state index is 0.124. The molecule has 0 bridgehead atoms. The molecule has 0 radical (unpaired) electrons. The first kappa shape index (κ1) is 11.5. The lowest BCUT2D eigenvalue weighted by Gasteiger charge is -2.34. The summed E-state index contributed by atoms with van der Waals surface area (Å²) >= 11 is 3.24. The van der Waals surface area contributed by atoms with Gasteiger partial charge in [-0.1, -0.05) is 6.07 Å². The summed E-state index contributed by atoms with van der Waals surface area (Å²) in [5.41, 5.74) is 0.440. The first-order chi connectivity index (χ1) is 7.69. The molecule has 4 nitrogen and oxygen atoms in total. The van der Waals surface area contributed by atoms with Crippen LogP contribution in [0.5, 0.6) is 0 Å². The van der Waals surface area contributed by atoms with Gasteiger partial charge in [0, 0.05) is 13.2 Å². The molecule has 1 aliphatic carbocycles. The molecule has 0 spiro atoms. The fourth-order valence-corrected chi connectivity index (χ4v) is 2.01. The van der Waals surface area contributed by atoms with Gasteiger partial charge in [-0.05, 0) is 40.9 Å². The van der Waals surface area contributed by atoms with Gasteiger partial charge in [0.1, 0.15) is 10.3 Å². The molecule has 1 aromatic heterocycles. The average Bonchev–Trinajstić information content (AvgIpc) is 2.22. The molecule has 0 unspecified atom stereocenters. The third kappa shape index (κ3) is 2.59. The molecular formula is C11H13BrN2O2. The van der Waals surface area contributed by atoms with Crippen molar-refractivity contribution < 1.29 is 9.53 Å². The second-order valence-electron chi connectivity index (χ2n) is 3.85. The summed E-state index contributed by atoms with van der Waals surface area (Å²) in [5.74, 6) is -0.124. The third-order valence-corrected chi connectivity index (χ3v) is 3.15. The first-order valence-corrected chi connectivity index (χ1v) is 5.94. The van der Waals surface area contributed by atoms with Crippen molar-refractivity contribution in [2.75, 3.05) is 7.11 Å². The van der Waals surface area contributed by atoms with Crippen LogP contribution in [0.4, 0.5) is 0 Å². The number of halogens is 1. The topological polar surface area (TPSA) is 51.2 Å². The molecule has 16 heavy (non-hydrogen) atoms. The predicted octanol–water partition coefficient (Wildman–Crippen LogP) is 1.75. The number of carbonyl (C=O) groups excluding carboxylic acids is 1. The van der Waals surface area contributed by atoms with Crippen LogP contribution >= 0.6 is 15.9 Å². The summed E-state index contributed by atoms with van der Waals surface area (Å²) in [6.07, 6.45) is 2.06. The smallest absolute Gasteiger partial charge is 0.270 e. The van der Waals surface area contributed by atoms with Crippen LogP contribution in [0.25, 0.3) is 0 Å². The SMILES string of the molecule is COC1CC(NC(=O)c2cccc(Br)n2)C1. The Morgan fingerprint density at radius 1 is 1.56 bits per heavy atom. The third-order valence-electron chi connectivity index (χ3n) is 2.71. The number of methoxy groups -OCH3 is 1. The highest BCUT2D eigenvalue weighted by Crippen LogP contribution is 2.22. The quantitative estimate of drug-likeness (QED) is 0.861. The zero-order valence-corrected chi connectivity index (χ0v) is 10.5. The van der Waals surface area contributed by atoms with Crippen LogP contribution in [-0.4, -0.2) is 30.1 Å². The Morgan fingerprint density at radius 3 is 2.94 bits per heavy atom. The number of nitrogens with zero attached hydrogens (tertiary/aromatic N) is 1. The van der Waals surface area contributed by atoms with Gasteiger partial charge >= 0.3 is 0 Å². The van der Waals surface area contributed by atoms with Crippen LogP contribution < -0.4 is 5.32 Å². The van der Waals surface area contributed by atoms with E-state index < -0.39 is 0 Å². The van der Waals surface area contributed by atoms with Gasteiger partial charge in [0.15, 0.2) is 0 Å². The van der Waals surface area contributed by atoms with Gasteiger partial charge in [0.05, 0.1) is 6.10 Å². The highest BCUT2D eigenvalue weighted by Gasteiger charge is 2.30. The van der Waals surface area contributed by atoms with E-state index in [-0.39, 0.29) is 11.9 Å². The summed E-state index contributed by atoms with van der Waals surface area (Å²) in [6, 6.07) is 5.51. The molecule has 1 fully saturated rings. The average molecular weight is 285 g/mol. The Hall–Kier alpha value is -0.940. The van der Waals surface area contributed by atoms with Crippen LogP contribution in [-0.2, 0) is 4.74 Å². The number of ether oxygens (including phenoxy) is 1. The number of amides is 1. The summed E-state index contributed by atoms with van der Waals surface area (Å²) in [6.45, 7) is 0. The molecule has 1 heterocycles. The van der Waals surface area contributed by atoms with Gasteiger partial charge in [0.25, 0.3) is 5.91 Å². The van der Waals surface area contributed by atoms with Gasteiger partial charge in [0.2, 0.25) is 0 Å². The summed E-state index contributed by atoms with van der Waals surface area (Å²) in [7, 11) is 1.69. The fraction of sp³-hybridized carbons (Fsp3) is 0.455. The number of carbonyl (C=O) groups is 1. The Bertz CT molecular complexity index is 391. The molecular weight excluding hydrogens is 272 g/mol. The van der Waals surface area contributed by atoms with Crippen LogP contribution in [0, 0.1) is 0 Å². The van der Waals surface area contributed by atoms with E-state index in [4.69, 9.17) is 4.74 Å². The van der Waals surface area contributed by atoms with Crippen molar-refractivity contribution >= 4 is 21.8 Å². The molecule has 0 atom stereocenters. The summed E-state index contributed by atoms with van der Waals surface area (Å²) < 4.78 is 5.82. The monoisotopic (exact) mass is 284 g/mol. The second kappa shape index (κ2) is 4.93. The molecule has 0 saturated heterocycles. The minimum atomic E-state index is -0.124. The van der Waals surface area contributed by atoms with Crippen molar-refractivity contribution in [3.8, 4) is 0 Å². The first-order valence-electron chi connectivity index (χ1n) is 5.15. The zero-order valence-electron chi connectivity index (χ0n) is 8.94. The zero-order chi connectivity index (χ0) is 11.5. The van der Waals surface area contributed by atoms with Crippen LogP contribution in [0.3, 0.4) is 0 Å². The number of pyridine rings is 1. The lowest BCUT2D eigenvalue weighted by molar-refractivity contribution is 0.0175. The number of aromatic nitrogens is 1. The molecule has 1 aliphatic rings. The van der Waals surface area contributed by atoms with Gasteiger partial charge in [-0.15, -0.1) is 0 Å².